The van der Waals surface area contributed by atoms with Gasteiger partial charge in [-0.2, -0.15) is 0 Å². The minimum absolute atomic E-state index is 0.0301. The Morgan fingerprint density at radius 1 is 1.19 bits per heavy atom. The number of Topliss-reactive ketones (excluding diaryl/α,β-unsaturated/α-hetero) is 1. The highest BCUT2D eigenvalue weighted by molar-refractivity contribution is 6.18. The summed E-state index contributed by atoms with van der Waals surface area (Å²) in [6.45, 7) is 2.41. The summed E-state index contributed by atoms with van der Waals surface area (Å²) < 4.78 is 24.2. The highest BCUT2D eigenvalue weighted by atomic mass is 35.5. The lowest BCUT2D eigenvalue weighted by Crippen LogP contribution is -2.32. The number of hydrogen-bond donors (Lipinski definition) is 0. The number of ether oxygens (including phenoxy) is 2. The molecular formula is C23H23ClFNO5. The van der Waals surface area contributed by atoms with Crippen molar-refractivity contribution in [1.29, 1.82) is 0 Å². The number of halogens is 2. The van der Waals surface area contributed by atoms with Gasteiger partial charge in [-0.05, 0) is 43.3 Å². The number of esters is 1. The van der Waals surface area contributed by atoms with Crippen LogP contribution in [-0.4, -0.2) is 42.8 Å². The number of ketones is 1. The first-order chi connectivity index (χ1) is 14.9. The predicted octanol–water partition coefficient (Wildman–Crippen LogP) is 4.00. The fourth-order valence-corrected chi connectivity index (χ4v) is 3.63. The van der Waals surface area contributed by atoms with E-state index in [9.17, 15) is 18.8 Å². The number of carbonyl (C=O) groups is 3. The van der Waals surface area contributed by atoms with Gasteiger partial charge in [0.05, 0.1) is 18.2 Å². The van der Waals surface area contributed by atoms with Crippen LogP contribution in [0, 0.1) is 11.7 Å². The van der Waals surface area contributed by atoms with Gasteiger partial charge in [0.2, 0.25) is 11.7 Å². The van der Waals surface area contributed by atoms with Crippen LogP contribution in [0.5, 0.6) is 5.75 Å². The normalized spacial score (nSPS) is 16.8. The number of para-hydroxylation sites is 2. The molecule has 0 bridgehead atoms. The average molecular weight is 448 g/mol. The molecule has 0 aliphatic carbocycles. The van der Waals surface area contributed by atoms with Crippen molar-refractivity contribution in [1.82, 2.24) is 0 Å². The molecule has 0 radical (unpaired) electrons. The summed E-state index contributed by atoms with van der Waals surface area (Å²) in [6.07, 6.45) is -1.02. The highest BCUT2D eigenvalue weighted by Crippen LogP contribution is 2.33. The third kappa shape index (κ3) is 5.41. The molecule has 0 aromatic heterocycles. The van der Waals surface area contributed by atoms with Crippen molar-refractivity contribution in [2.24, 2.45) is 5.92 Å². The summed E-state index contributed by atoms with van der Waals surface area (Å²) in [6, 6.07) is 12.1. The first-order valence-corrected chi connectivity index (χ1v) is 10.6. The van der Waals surface area contributed by atoms with Crippen molar-refractivity contribution >= 4 is 34.9 Å². The van der Waals surface area contributed by atoms with Gasteiger partial charge in [-0.1, -0.05) is 12.1 Å². The van der Waals surface area contributed by atoms with Crippen molar-refractivity contribution in [3.05, 3.63) is 59.9 Å². The number of nitrogens with zero attached hydrogens (tertiary/aromatic N) is 1. The predicted molar refractivity (Wildman–Crippen MR) is 114 cm³/mol. The van der Waals surface area contributed by atoms with Crippen LogP contribution in [0.1, 0.15) is 30.1 Å². The van der Waals surface area contributed by atoms with E-state index in [4.69, 9.17) is 21.1 Å². The first kappa shape index (κ1) is 22.7. The van der Waals surface area contributed by atoms with Crippen molar-refractivity contribution in [3.63, 3.8) is 0 Å². The van der Waals surface area contributed by atoms with Gasteiger partial charge in [-0.15, -0.1) is 11.6 Å². The summed E-state index contributed by atoms with van der Waals surface area (Å²) in [4.78, 5) is 39.6. The third-order valence-electron chi connectivity index (χ3n) is 4.97. The fraction of sp³-hybridized carbons (Fsp3) is 0.348. The van der Waals surface area contributed by atoms with Gasteiger partial charge in [0.1, 0.15) is 11.6 Å². The Balaban J connectivity index is 1.71. The van der Waals surface area contributed by atoms with Crippen LogP contribution in [-0.2, 0) is 14.3 Å². The number of hydrogen-bond acceptors (Lipinski definition) is 5. The lowest BCUT2D eigenvalue weighted by Gasteiger charge is -2.21. The fourth-order valence-electron chi connectivity index (χ4n) is 3.44. The molecule has 0 unspecified atom stereocenters. The molecule has 164 valence electrons. The van der Waals surface area contributed by atoms with E-state index in [0.29, 0.717) is 18.0 Å². The van der Waals surface area contributed by atoms with Gasteiger partial charge in [-0.3, -0.25) is 14.4 Å². The molecule has 1 fully saturated rings. The van der Waals surface area contributed by atoms with Crippen LogP contribution in [0.2, 0.25) is 0 Å². The first-order valence-electron chi connectivity index (χ1n) is 10.0. The van der Waals surface area contributed by atoms with Crippen LogP contribution in [0.25, 0.3) is 0 Å². The minimum atomic E-state index is -1.10. The van der Waals surface area contributed by atoms with E-state index in [1.165, 1.54) is 17.0 Å². The van der Waals surface area contributed by atoms with Gasteiger partial charge in [0, 0.05) is 30.8 Å². The average Bonchev–Trinajstić information content (AvgIpc) is 3.15. The van der Waals surface area contributed by atoms with E-state index < -0.39 is 29.6 Å². The van der Waals surface area contributed by atoms with E-state index in [-0.39, 0.29) is 36.7 Å². The lowest BCUT2D eigenvalue weighted by molar-refractivity contribution is -0.151. The Kier molecular flexibility index (Phi) is 7.63. The van der Waals surface area contributed by atoms with Crippen LogP contribution in [0.3, 0.4) is 0 Å². The number of alkyl halides is 1. The number of anilines is 1. The quantitative estimate of drug-likeness (QED) is 0.330. The summed E-state index contributed by atoms with van der Waals surface area (Å²) in [5.41, 5.74) is 0.809. The monoisotopic (exact) mass is 447 g/mol. The Morgan fingerprint density at radius 2 is 1.90 bits per heavy atom. The van der Waals surface area contributed by atoms with Gasteiger partial charge in [-0.25, -0.2) is 4.39 Å². The molecule has 0 spiro atoms. The zero-order chi connectivity index (χ0) is 22.4. The Hall–Kier alpha value is -2.93. The topological polar surface area (TPSA) is 72.9 Å². The molecule has 2 aromatic carbocycles. The maximum atomic E-state index is 13.1. The molecule has 1 amide bonds. The van der Waals surface area contributed by atoms with E-state index in [1.54, 1.807) is 24.3 Å². The molecule has 2 aromatic rings. The minimum Gasteiger partial charge on any atom is -0.492 e. The highest BCUT2D eigenvalue weighted by Gasteiger charge is 2.38. The molecule has 2 atom stereocenters. The number of carbonyl (C=O) groups excluding carboxylic acids is 3. The summed E-state index contributed by atoms with van der Waals surface area (Å²) in [7, 11) is 0. The lowest BCUT2D eigenvalue weighted by atomic mass is 10.0. The molecule has 31 heavy (non-hydrogen) atoms. The van der Waals surface area contributed by atoms with Gasteiger partial charge in [0.15, 0.2) is 6.10 Å². The Bertz CT molecular complexity index is 949. The second kappa shape index (κ2) is 10.4. The summed E-state index contributed by atoms with van der Waals surface area (Å²) >= 11 is 5.79. The van der Waals surface area contributed by atoms with Crippen molar-refractivity contribution in [2.75, 3.05) is 23.9 Å². The second-order valence-corrected chi connectivity index (χ2v) is 7.46. The van der Waals surface area contributed by atoms with E-state index in [2.05, 4.69) is 0 Å². The standard InChI is InChI=1S/C23H23ClFNO5/c1-2-30-19-6-4-3-5-18(19)26-14-16(13-21(26)27)23(29)31-20(11-12-24)22(28)15-7-9-17(25)10-8-15/h3-10,16,20H,2,11-14H2,1H3/t16-,20-/m1/s1. The summed E-state index contributed by atoms with van der Waals surface area (Å²) in [5, 5.41) is 0. The summed E-state index contributed by atoms with van der Waals surface area (Å²) in [5.74, 6) is -1.87. The molecule has 8 heteroatoms. The molecule has 1 heterocycles. The zero-order valence-electron chi connectivity index (χ0n) is 17.1. The molecule has 1 saturated heterocycles. The third-order valence-corrected chi connectivity index (χ3v) is 5.18. The Labute approximate surface area is 184 Å². The van der Waals surface area contributed by atoms with Gasteiger partial charge in [0.25, 0.3) is 0 Å². The smallest absolute Gasteiger partial charge is 0.312 e. The number of rotatable bonds is 9. The van der Waals surface area contributed by atoms with Crippen molar-refractivity contribution in [2.45, 2.75) is 25.9 Å². The van der Waals surface area contributed by atoms with E-state index in [0.717, 1.165) is 12.1 Å². The maximum Gasteiger partial charge on any atom is 0.312 e. The molecule has 3 rings (SSSR count). The zero-order valence-corrected chi connectivity index (χ0v) is 17.8. The van der Waals surface area contributed by atoms with Crippen LogP contribution < -0.4 is 9.64 Å². The molecular weight excluding hydrogens is 425 g/mol. The van der Waals surface area contributed by atoms with Gasteiger partial charge < -0.3 is 14.4 Å². The Morgan fingerprint density at radius 3 is 2.58 bits per heavy atom. The molecule has 0 saturated carbocycles. The largest absolute Gasteiger partial charge is 0.492 e. The molecule has 1 aliphatic heterocycles. The molecule has 0 N–H and O–H groups in total. The molecule has 6 nitrogen and oxygen atoms in total. The van der Waals surface area contributed by atoms with Gasteiger partial charge >= 0.3 is 5.97 Å². The number of benzene rings is 2. The van der Waals surface area contributed by atoms with Crippen LogP contribution in [0.4, 0.5) is 10.1 Å². The molecule has 1 aliphatic rings. The SMILES string of the molecule is CCOc1ccccc1N1C[C@H](C(=O)O[C@H](CCCl)C(=O)c2ccc(F)cc2)CC1=O. The number of amides is 1. The van der Waals surface area contributed by atoms with Crippen LogP contribution >= 0.6 is 11.6 Å². The van der Waals surface area contributed by atoms with Crippen molar-refractivity contribution < 1.29 is 28.2 Å². The maximum absolute atomic E-state index is 13.1. The van der Waals surface area contributed by atoms with Crippen molar-refractivity contribution in [3.8, 4) is 5.75 Å². The van der Waals surface area contributed by atoms with E-state index in [1.807, 2.05) is 6.92 Å². The van der Waals surface area contributed by atoms with Crippen LogP contribution in [0.15, 0.2) is 48.5 Å². The van der Waals surface area contributed by atoms with E-state index >= 15 is 0 Å². The second-order valence-electron chi connectivity index (χ2n) is 7.08.